The van der Waals surface area contributed by atoms with E-state index < -0.39 is 10.0 Å². The molecular weight excluding hydrogens is 292 g/mol. The molecule has 1 amide bonds. The van der Waals surface area contributed by atoms with Crippen LogP contribution in [0.2, 0.25) is 0 Å². The molecule has 2 heterocycles. The van der Waals surface area contributed by atoms with Gasteiger partial charge < -0.3 is 9.32 Å². The number of rotatable bonds is 4. The van der Waals surface area contributed by atoms with E-state index in [9.17, 15) is 13.2 Å². The molecule has 1 N–H and O–H groups in total. The molecule has 21 heavy (non-hydrogen) atoms. The number of likely N-dealkylation sites (tertiary alicyclic amines) is 1. The van der Waals surface area contributed by atoms with Crippen LogP contribution < -0.4 is 4.72 Å². The second-order valence-corrected chi connectivity index (χ2v) is 7.05. The largest absolute Gasteiger partial charge is 0.462 e. The number of piperidine rings is 1. The van der Waals surface area contributed by atoms with E-state index in [4.69, 9.17) is 4.42 Å². The summed E-state index contributed by atoms with van der Waals surface area (Å²) in [7, 11) is -3.19. The number of amides is 1. The zero-order valence-electron chi connectivity index (χ0n) is 12.2. The molecule has 0 spiro atoms. The van der Waals surface area contributed by atoms with Crippen molar-refractivity contribution in [1.82, 2.24) is 9.62 Å². The van der Waals surface area contributed by atoms with E-state index >= 15 is 0 Å². The molecule has 1 aliphatic rings. The summed E-state index contributed by atoms with van der Waals surface area (Å²) < 4.78 is 30.3. The highest BCUT2D eigenvalue weighted by molar-refractivity contribution is 7.88. The van der Waals surface area contributed by atoms with Gasteiger partial charge in [0.05, 0.1) is 6.26 Å². The Bertz CT molecular complexity index is 625. The molecule has 6 nitrogen and oxygen atoms in total. The van der Waals surface area contributed by atoms with Crippen molar-refractivity contribution in [3.8, 4) is 0 Å². The summed E-state index contributed by atoms with van der Waals surface area (Å²) in [6, 6.07) is 3.56. The number of carbonyl (C=O) groups excluding carboxylic acids is 1. The van der Waals surface area contributed by atoms with Gasteiger partial charge in [0.25, 0.3) is 0 Å². The highest BCUT2D eigenvalue weighted by Crippen LogP contribution is 2.13. The molecule has 0 saturated carbocycles. The van der Waals surface area contributed by atoms with Gasteiger partial charge in [0.1, 0.15) is 11.5 Å². The molecule has 0 aliphatic carbocycles. The summed E-state index contributed by atoms with van der Waals surface area (Å²) in [6.45, 7) is 2.94. The summed E-state index contributed by atoms with van der Waals surface area (Å²) in [4.78, 5) is 13.7. The molecular formula is C14H20N2O4S. The van der Waals surface area contributed by atoms with Crippen molar-refractivity contribution in [3.05, 3.63) is 29.7 Å². The lowest BCUT2D eigenvalue weighted by atomic mass is 10.1. The molecule has 0 atom stereocenters. The van der Waals surface area contributed by atoms with Gasteiger partial charge in [-0.1, -0.05) is 0 Å². The molecule has 0 bridgehead atoms. The molecule has 0 aromatic carbocycles. The van der Waals surface area contributed by atoms with Crippen molar-refractivity contribution in [2.45, 2.75) is 25.8 Å². The van der Waals surface area contributed by atoms with Gasteiger partial charge >= 0.3 is 0 Å². The maximum atomic E-state index is 12.0. The highest BCUT2D eigenvalue weighted by atomic mass is 32.2. The third-order valence-corrected chi connectivity index (χ3v) is 4.10. The first-order valence-corrected chi connectivity index (χ1v) is 8.73. The fourth-order valence-corrected chi connectivity index (χ4v) is 3.16. The summed E-state index contributed by atoms with van der Waals surface area (Å²) in [5.41, 5.74) is 0. The van der Waals surface area contributed by atoms with Gasteiger partial charge in [-0.2, -0.15) is 0 Å². The Morgan fingerprint density at radius 3 is 2.57 bits per heavy atom. The van der Waals surface area contributed by atoms with E-state index in [1.54, 1.807) is 17.0 Å². The van der Waals surface area contributed by atoms with Crippen LogP contribution in [0.5, 0.6) is 0 Å². The average molecular weight is 312 g/mol. The molecule has 1 saturated heterocycles. The van der Waals surface area contributed by atoms with Crippen molar-refractivity contribution >= 4 is 22.0 Å². The van der Waals surface area contributed by atoms with Gasteiger partial charge in [-0.3, -0.25) is 4.79 Å². The van der Waals surface area contributed by atoms with Crippen LogP contribution >= 0.6 is 0 Å². The molecule has 1 aliphatic heterocycles. The second kappa shape index (κ2) is 6.44. The van der Waals surface area contributed by atoms with E-state index in [1.807, 2.05) is 13.0 Å². The minimum Gasteiger partial charge on any atom is -0.462 e. The fourth-order valence-electron chi connectivity index (χ4n) is 2.32. The summed E-state index contributed by atoms with van der Waals surface area (Å²) >= 11 is 0. The first-order chi connectivity index (χ1) is 9.83. The van der Waals surface area contributed by atoms with Crippen molar-refractivity contribution in [2.24, 2.45) is 0 Å². The van der Waals surface area contributed by atoms with Gasteiger partial charge in [-0.25, -0.2) is 13.1 Å². The molecule has 0 unspecified atom stereocenters. The van der Waals surface area contributed by atoms with Gasteiger partial charge in [0.2, 0.25) is 15.9 Å². The van der Waals surface area contributed by atoms with E-state index in [-0.39, 0.29) is 11.9 Å². The molecule has 1 fully saturated rings. The lowest BCUT2D eigenvalue weighted by Gasteiger charge is -2.31. The predicted molar refractivity (Wildman–Crippen MR) is 80.1 cm³/mol. The van der Waals surface area contributed by atoms with Crippen molar-refractivity contribution in [3.63, 3.8) is 0 Å². The zero-order valence-corrected chi connectivity index (χ0v) is 13.0. The minimum absolute atomic E-state index is 0.0816. The van der Waals surface area contributed by atoms with Crippen LogP contribution in [0.25, 0.3) is 6.08 Å². The molecule has 7 heteroatoms. The number of nitrogens with one attached hydrogen (secondary N) is 1. The third-order valence-electron chi connectivity index (χ3n) is 3.34. The number of hydrogen-bond donors (Lipinski definition) is 1. The number of aryl methyl sites for hydroxylation is 1. The quantitative estimate of drug-likeness (QED) is 0.846. The van der Waals surface area contributed by atoms with E-state index in [2.05, 4.69) is 4.72 Å². The number of hydrogen-bond acceptors (Lipinski definition) is 4. The minimum atomic E-state index is -3.19. The molecule has 1 aromatic heterocycles. The summed E-state index contributed by atoms with van der Waals surface area (Å²) in [6.07, 6.45) is 5.55. The average Bonchev–Trinajstić information content (AvgIpc) is 2.81. The van der Waals surface area contributed by atoms with Crippen LogP contribution in [0.1, 0.15) is 24.4 Å². The Morgan fingerprint density at radius 2 is 2.05 bits per heavy atom. The molecule has 2 rings (SSSR count). The first-order valence-electron chi connectivity index (χ1n) is 6.84. The van der Waals surface area contributed by atoms with E-state index in [0.29, 0.717) is 31.7 Å². The van der Waals surface area contributed by atoms with Crippen LogP contribution in [0.4, 0.5) is 0 Å². The maximum Gasteiger partial charge on any atom is 0.246 e. The van der Waals surface area contributed by atoms with Gasteiger partial charge in [0, 0.05) is 25.2 Å². The van der Waals surface area contributed by atoms with Crippen molar-refractivity contribution < 1.29 is 17.6 Å². The van der Waals surface area contributed by atoms with Crippen LogP contribution in [0.15, 0.2) is 22.6 Å². The van der Waals surface area contributed by atoms with Crippen molar-refractivity contribution in [2.75, 3.05) is 19.3 Å². The number of sulfonamides is 1. The smallest absolute Gasteiger partial charge is 0.246 e. The van der Waals surface area contributed by atoms with E-state index in [1.165, 1.54) is 6.08 Å². The monoisotopic (exact) mass is 312 g/mol. The Morgan fingerprint density at radius 1 is 1.38 bits per heavy atom. The fraction of sp³-hybridized carbons (Fsp3) is 0.500. The van der Waals surface area contributed by atoms with E-state index in [0.717, 1.165) is 12.0 Å². The standard InChI is InChI=1S/C14H20N2O4S/c1-11-3-4-13(20-11)5-6-14(17)16-9-7-12(8-10-16)15-21(2,18)19/h3-6,12,15H,7-10H2,1-2H3. The molecule has 1 aromatic rings. The van der Waals surface area contributed by atoms with Crippen LogP contribution in [-0.2, 0) is 14.8 Å². The number of nitrogens with zero attached hydrogens (tertiary/aromatic N) is 1. The maximum absolute atomic E-state index is 12.0. The normalized spacial score (nSPS) is 17.5. The zero-order chi connectivity index (χ0) is 15.5. The van der Waals surface area contributed by atoms with Gasteiger partial charge in [0.15, 0.2) is 0 Å². The Kier molecular flexibility index (Phi) is 4.84. The number of carbonyl (C=O) groups is 1. The van der Waals surface area contributed by atoms with Gasteiger partial charge in [-0.15, -0.1) is 0 Å². The Balaban J connectivity index is 1.84. The molecule has 0 radical (unpaired) electrons. The number of furan rings is 1. The SMILES string of the molecule is Cc1ccc(C=CC(=O)N2CCC(NS(C)(=O)=O)CC2)o1. The first kappa shape index (κ1) is 15.8. The predicted octanol–water partition coefficient (Wildman–Crippen LogP) is 1.14. The van der Waals surface area contributed by atoms with Gasteiger partial charge in [-0.05, 0) is 38.0 Å². The third kappa shape index (κ3) is 5.02. The molecule has 116 valence electrons. The second-order valence-electron chi connectivity index (χ2n) is 5.27. The Hall–Kier alpha value is -1.60. The van der Waals surface area contributed by atoms with Crippen LogP contribution in [-0.4, -0.2) is 44.6 Å². The van der Waals surface area contributed by atoms with Crippen LogP contribution in [0, 0.1) is 6.92 Å². The summed E-state index contributed by atoms with van der Waals surface area (Å²) in [5.74, 6) is 1.37. The Labute approximate surface area is 124 Å². The van der Waals surface area contributed by atoms with Crippen molar-refractivity contribution in [1.29, 1.82) is 0 Å². The highest BCUT2D eigenvalue weighted by Gasteiger charge is 2.23. The van der Waals surface area contributed by atoms with Crippen LogP contribution in [0.3, 0.4) is 0 Å². The topological polar surface area (TPSA) is 79.6 Å². The lowest BCUT2D eigenvalue weighted by molar-refractivity contribution is -0.126. The lowest BCUT2D eigenvalue weighted by Crippen LogP contribution is -2.45. The summed E-state index contributed by atoms with van der Waals surface area (Å²) in [5, 5.41) is 0.